The lowest BCUT2D eigenvalue weighted by Gasteiger charge is -2.45. The van der Waals surface area contributed by atoms with Gasteiger partial charge in [-0.05, 0) is 29.3 Å². The van der Waals surface area contributed by atoms with E-state index in [1.807, 2.05) is 30.3 Å². The maximum atomic E-state index is 16.2. The number of hydrogen-bond donors (Lipinski definition) is 2. The SMILES string of the molecule is CNC(=O)c1ccc(OCCOC=O)c(F)c1-c1c(Cl)c(F)cc2c1CC1(c3ccccc3)CNCCN21. The summed E-state index contributed by atoms with van der Waals surface area (Å²) in [5, 5.41) is 5.70. The molecule has 3 aromatic carbocycles. The van der Waals surface area contributed by atoms with Gasteiger partial charge in [0.1, 0.15) is 19.0 Å². The molecule has 2 N–H and O–H groups in total. The lowest BCUT2D eigenvalue weighted by molar-refractivity contribution is -0.129. The summed E-state index contributed by atoms with van der Waals surface area (Å²) in [7, 11) is 1.43. The predicted molar refractivity (Wildman–Crippen MR) is 140 cm³/mol. The zero-order chi connectivity index (χ0) is 26.9. The molecule has 2 aliphatic heterocycles. The molecule has 0 saturated carbocycles. The van der Waals surface area contributed by atoms with Crippen molar-refractivity contribution in [1.29, 1.82) is 0 Å². The number of ether oxygens (including phenoxy) is 2. The minimum atomic E-state index is -0.858. The maximum Gasteiger partial charge on any atom is 0.293 e. The van der Waals surface area contributed by atoms with Crippen LogP contribution in [0, 0.1) is 11.6 Å². The maximum absolute atomic E-state index is 16.2. The first-order valence-electron chi connectivity index (χ1n) is 12.2. The van der Waals surface area contributed by atoms with Crippen molar-refractivity contribution in [1.82, 2.24) is 10.6 Å². The number of carbonyl (C=O) groups is 2. The van der Waals surface area contributed by atoms with E-state index in [0.29, 0.717) is 37.3 Å². The molecule has 0 spiro atoms. The summed E-state index contributed by atoms with van der Waals surface area (Å²) in [5.74, 6) is -2.30. The summed E-state index contributed by atoms with van der Waals surface area (Å²) in [5.41, 5.74) is 1.72. The van der Waals surface area contributed by atoms with Crippen LogP contribution in [0.2, 0.25) is 5.02 Å². The van der Waals surface area contributed by atoms with Gasteiger partial charge in [-0.3, -0.25) is 9.59 Å². The lowest BCUT2D eigenvalue weighted by atomic mass is 9.83. The molecule has 0 bridgehead atoms. The summed E-state index contributed by atoms with van der Waals surface area (Å²) < 4.78 is 41.7. The van der Waals surface area contributed by atoms with E-state index in [-0.39, 0.29) is 47.1 Å². The number of rotatable bonds is 8. The number of nitrogens with zero attached hydrogens (tertiary/aromatic N) is 1. The summed E-state index contributed by atoms with van der Waals surface area (Å²) in [6, 6.07) is 14.0. The first-order valence-corrected chi connectivity index (χ1v) is 12.6. The molecule has 1 fully saturated rings. The first kappa shape index (κ1) is 25.9. The third kappa shape index (κ3) is 4.25. The Balaban J connectivity index is 1.72. The van der Waals surface area contributed by atoms with Crippen LogP contribution < -0.4 is 20.3 Å². The molecule has 1 saturated heterocycles. The van der Waals surface area contributed by atoms with Crippen molar-refractivity contribution < 1.29 is 27.8 Å². The normalized spacial score (nSPS) is 17.9. The van der Waals surface area contributed by atoms with Crippen molar-refractivity contribution in [2.45, 2.75) is 12.0 Å². The van der Waals surface area contributed by atoms with Gasteiger partial charge in [-0.2, -0.15) is 0 Å². The Hall–Kier alpha value is -3.69. The highest BCUT2D eigenvalue weighted by atomic mass is 35.5. The Morgan fingerprint density at radius 3 is 2.71 bits per heavy atom. The number of halogens is 3. The molecule has 3 aromatic rings. The van der Waals surface area contributed by atoms with Crippen molar-refractivity contribution in [2.24, 2.45) is 0 Å². The van der Waals surface area contributed by atoms with Crippen LogP contribution in [0.3, 0.4) is 0 Å². The lowest BCUT2D eigenvalue weighted by Crippen LogP contribution is -2.57. The van der Waals surface area contributed by atoms with Crippen LogP contribution in [-0.4, -0.2) is 52.3 Å². The average Bonchev–Trinajstić information content (AvgIpc) is 3.28. The molecule has 38 heavy (non-hydrogen) atoms. The molecule has 0 aliphatic carbocycles. The van der Waals surface area contributed by atoms with Gasteiger partial charge in [0.05, 0.1) is 16.1 Å². The number of carbonyl (C=O) groups excluding carboxylic acids is 2. The number of hydrogen-bond acceptors (Lipinski definition) is 6. The molecule has 198 valence electrons. The zero-order valence-electron chi connectivity index (χ0n) is 20.7. The highest BCUT2D eigenvalue weighted by Gasteiger charge is 2.48. The van der Waals surface area contributed by atoms with Crippen LogP contribution in [0.4, 0.5) is 14.5 Å². The fourth-order valence-electron chi connectivity index (χ4n) is 5.52. The fourth-order valence-corrected chi connectivity index (χ4v) is 5.78. The molecule has 7 nitrogen and oxygen atoms in total. The predicted octanol–water partition coefficient (Wildman–Crippen LogP) is 4.06. The highest BCUT2D eigenvalue weighted by Crippen LogP contribution is 2.52. The van der Waals surface area contributed by atoms with Gasteiger partial charge in [-0.15, -0.1) is 0 Å². The summed E-state index contributed by atoms with van der Waals surface area (Å²) in [4.78, 5) is 25.4. The van der Waals surface area contributed by atoms with Crippen molar-refractivity contribution in [2.75, 3.05) is 44.8 Å². The van der Waals surface area contributed by atoms with E-state index in [2.05, 4.69) is 20.3 Å². The Labute approximate surface area is 223 Å². The van der Waals surface area contributed by atoms with Gasteiger partial charge in [0, 0.05) is 49.9 Å². The third-order valence-corrected chi connectivity index (χ3v) is 7.55. The Morgan fingerprint density at radius 1 is 1.18 bits per heavy atom. The molecule has 1 amide bonds. The number of fused-ring (bicyclic) bond motifs is 3. The van der Waals surface area contributed by atoms with Crippen LogP contribution in [-0.2, 0) is 21.5 Å². The molecule has 2 heterocycles. The van der Waals surface area contributed by atoms with Crippen molar-refractivity contribution in [3.05, 3.63) is 81.9 Å². The molecular formula is C28H26ClF2N3O4. The molecule has 10 heteroatoms. The fraction of sp³-hybridized carbons (Fsp3) is 0.286. The van der Waals surface area contributed by atoms with Crippen LogP contribution in [0.25, 0.3) is 11.1 Å². The second-order valence-electron chi connectivity index (χ2n) is 9.14. The van der Waals surface area contributed by atoms with Gasteiger partial charge >= 0.3 is 0 Å². The van der Waals surface area contributed by atoms with E-state index in [1.165, 1.54) is 25.2 Å². The minimum absolute atomic E-state index is 0.00653. The number of piperazine rings is 1. The van der Waals surface area contributed by atoms with Crippen LogP contribution >= 0.6 is 11.6 Å². The van der Waals surface area contributed by atoms with Gasteiger partial charge in [-0.25, -0.2) is 8.78 Å². The first-order chi connectivity index (χ1) is 18.4. The van der Waals surface area contributed by atoms with Gasteiger partial charge in [0.2, 0.25) is 0 Å². The number of nitrogens with one attached hydrogen (secondary N) is 2. The second-order valence-corrected chi connectivity index (χ2v) is 9.52. The van der Waals surface area contributed by atoms with Crippen molar-refractivity contribution in [3.8, 4) is 16.9 Å². The van der Waals surface area contributed by atoms with E-state index in [1.54, 1.807) is 0 Å². The van der Waals surface area contributed by atoms with Gasteiger partial charge in [-0.1, -0.05) is 41.9 Å². The standard InChI is InChI=1S/C28H26ClF2N3O4/c1-32-27(36)18-7-8-22(38-12-11-37-16-35)26(31)24(18)23-19-14-28(17-5-3-2-4-6-17)15-33-9-10-34(28)21(19)13-20(30)25(23)29/h2-8,13,16,33H,9-12,14-15H2,1H3,(H,32,36). The van der Waals surface area contributed by atoms with Crippen LogP contribution in [0.1, 0.15) is 21.5 Å². The van der Waals surface area contributed by atoms with E-state index >= 15 is 8.78 Å². The van der Waals surface area contributed by atoms with Gasteiger partial charge in [0.15, 0.2) is 11.6 Å². The number of benzene rings is 3. The average molecular weight is 542 g/mol. The smallest absolute Gasteiger partial charge is 0.293 e. The Kier molecular flexibility index (Phi) is 7.23. The number of anilines is 1. The minimum Gasteiger partial charge on any atom is -0.487 e. The molecule has 1 atom stereocenters. The van der Waals surface area contributed by atoms with Crippen molar-refractivity contribution in [3.63, 3.8) is 0 Å². The monoisotopic (exact) mass is 541 g/mol. The third-order valence-electron chi connectivity index (χ3n) is 7.18. The second kappa shape index (κ2) is 10.6. The summed E-state index contributed by atoms with van der Waals surface area (Å²) in [6.45, 7) is 1.95. The van der Waals surface area contributed by atoms with Crippen LogP contribution in [0.15, 0.2) is 48.5 Å². The van der Waals surface area contributed by atoms with Crippen LogP contribution in [0.5, 0.6) is 5.75 Å². The number of amides is 1. The topological polar surface area (TPSA) is 79.9 Å². The molecule has 0 aromatic heterocycles. The van der Waals surface area contributed by atoms with Gasteiger partial charge in [0.25, 0.3) is 12.4 Å². The van der Waals surface area contributed by atoms with E-state index in [9.17, 15) is 9.59 Å². The quantitative estimate of drug-likeness (QED) is 0.331. The molecular weight excluding hydrogens is 516 g/mol. The highest BCUT2D eigenvalue weighted by molar-refractivity contribution is 6.34. The Bertz CT molecular complexity index is 1390. The molecule has 1 unspecified atom stereocenters. The zero-order valence-corrected chi connectivity index (χ0v) is 21.4. The van der Waals surface area contributed by atoms with Crippen molar-refractivity contribution >= 4 is 29.7 Å². The van der Waals surface area contributed by atoms with E-state index < -0.39 is 23.1 Å². The molecule has 5 rings (SSSR count). The van der Waals surface area contributed by atoms with Gasteiger partial charge < -0.3 is 25.0 Å². The van der Waals surface area contributed by atoms with E-state index in [0.717, 1.165) is 5.56 Å². The largest absolute Gasteiger partial charge is 0.487 e. The summed E-state index contributed by atoms with van der Waals surface area (Å²) in [6.07, 6.45) is 0.416. The molecule has 0 radical (unpaired) electrons. The molecule has 2 aliphatic rings. The Morgan fingerprint density at radius 2 is 1.97 bits per heavy atom. The summed E-state index contributed by atoms with van der Waals surface area (Å²) >= 11 is 6.58. The van der Waals surface area contributed by atoms with E-state index in [4.69, 9.17) is 16.3 Å².